The lowest BCUT2D eigenvalue weighted by atomic mass is 10.1. The maximum atomic E-state index is 13.7. The van der Waals surface area contributed by atoms with E-state index in [0.29, 0.717) is 18.6 Å². The summed E-state index contributed by atoms with van der Waals surface area (Å²) in [6.45, 7) is 1.06. The number of unbranched alkanes of at least 4 members (excludes halogenated alkanes) is 1. The number of nitrogens with zero attached hydrogens (tertiary/aromatic N) is 2. The van der Waals surface area contributed by atoms with Crippen LogP contribution < -0.4 is 15.2 Å². The summed E-state index contributed by atoms with van der Waals surface area (Å²) in [4.78, 5) is 17.7. The van der Waals surface area contributed by atoms with Crippen LogP contribution in [0.25, 0.3) is 10.6 Å². The van der Waals surface area contributed by atoms with Crippen LogP contribution in [0.15, 0.2) is 42.5 Å². The fourth-order valence-corrected chi connectivity index (χ4v) is 4.31. The van der Waals surface area contributed by atoms with Crippen LogP contribution in [0.3, 0.4) is 0 Å². The monoisotopic (exact) mass is 565 g/mol. The second kappa shape index (κ2) is 11.8. The highest BCUT2D eigenvalue weighted by Crippen LogP contribution is 2.41. The zero-order valence-electron chi connectivity index (χ0n) is 19.4. The van der Waals surface area contributed by atoms with E-state index in [1.165, 1.54) is 37.3 Å². The smallest absolute Gasteiger partial charge is 0.469 e. The fraction of sp³-hybridized carbons (Fsp3) is 0.364. The molecule has 0 saturated heterocycles. The van der Waals surface area contributed by atoms with Gasteiger partial charge in [0.25, 0.3) is 0 Å². The zero-order chi connectivity index (χ0) is 27.3. The Morgan fingerprint density at radius 2 is 1.76 bits per heavy atom. The van der Waals surface area contributed by atoms with Crippen molar-refractivity contribution in [2.75, 3.05) is 19.8 Å². The van der Waals surface area contributed by atoms with Gasteiger partial charge in [-0.3, -0.25) is 4.52 Å². The van der Waals surface area contributed by atoms with Gasteiger partial charge in [0.15, 0.2) is 0 Å². The van der Waals surface area contributed by atoms with Gasteiger partial charge in [0, 0.05) is 11.6 Å². The third-order valence-corrected chi connectivity index (χ3v) is 6.56. The first-order valence-corrected chi connectivity index (χ1v) is 13.1. The minimum Gasteiger partial charge on any atom is -0.493 e. The van der Waals surface area contributed by atoms with Gasteiger partial charge in [0.2, 0.25) is 0 Å². The molecular formula is C22H24F4N3O6PS. The van der Waals surface area contributed by atoms with E-state index in [1.807, 2.05) is 0 Å². The molecule has 3 aromatic rings. The third kappa shape index (κ3) is 8.73. The summed E-state index contributed by atoms with van der Waals surface area (Å²) in [6.07, 6.45) is -3.83. The summed E-state index contributed by atoms with van der Waals surface area (Å²) >= 11 is 0.869. The number of phosphoric ester groups is 1. The second-order valence-electron chi connectivity index (χ2n) is 8.16. The number of halogens is 4. The van der Waals surface area contributed by atoms with Crippen LogP contribution in [-0.4, -0.2) is 39.8 Å². The van der Waals surface area contributed by atoms with E-state index >= 15 is 0 Å². The van der Waals surface area contributed by atoms with Crippen LogP contribution in [-0.2, 0) is 20.8 Å². The van der Waals surface area contributed by atoms with Gasteiger partial charge in [-0.05, 0) is 50.1 Å². The van der Waals surface area contributed by atoms with Crippen molar-refractivity contribution in [1.82, 2.24) is 10.2 Å². The number of alkyl halides is 3. The molecule has 9 nitrogen and oxygen atoms in total. The molecule has 202 valence electrons. The summed E-state index contributed by atoms with van der Waals surface area (Å²) in [5.41, 5.74) is 3.67. The lowest BCUT2D eigenvalue weighted by Gasteiger charge is -2.21. The van der Waals surface area contributed by atoms with Crippen molar-refractivity contribution in [3.63, 3.8) is 0 Å². The van der Waals surface area contributed by atoms with Gasteiger partial charge in [-0.25, -0.2) is 8.96 Å². The molecule has 0 aliphatic carbocycles. The highest BCUT2D eigenvalue weighted by Gasteiger charge is 2.35. The molecule has 0 aliphatic rings. The van der Waals surface area contributed by atoms with Gasteiger partial charge in [0.1, 0.15) is 27.3 Å². The Balaban J connectivity index is 1.63. The maximum Gasteiger partial charge on any atom is 0.469 e. The summed E-state index contributed by atoms with van der Waals surface area (Å²) in [5.74, 6) is -0.426. The Kier molecular flexibility index (Phi) is 9.27. The molecule has 37 heavy (non-hydrogen) atoms. The van der Waals surface area contributed by atoms with E-state index in [2.05, 4.69) is 14.7 Å². The number of ether oxygens (including phenoxy) is 2. The number of phosphoric acid groups is 1. The lowest BCUT2D eigenvalue weighted by Crippen LogP contribution is -2.37. The minimum absolute atomic E-state index is 0.00297. The number of benzene rings is 2. The molecular weight excluding hydrogens is 541 g/mol. The molecule has 0 amide bonds. The number of hydrogen-bond acceptors (Lipinski definition) is 8. The largest absolute Gasteiger partial charge is 0.493 e. The summed E-state index contributed by atoms with van der Waals surface area (Å²) in [7, 11) is -4.78. The Morgan fingerprint density at radius 3 is 2.41 bits per heavy atom. The molecule has 4 N–H and O–H groups in total. The van der Waals surface area contributed by atoms with Crippen molar-refractivity contribution < 1.29 is 45.9 Å². The highest BCUT2D eigenvalue weighted by molar-refractivity contribution is 7.46. The van der Waals surface area contributed by atoms with Gasteiger partial charge in [-0.1, -0.05) is 17.4 Å². The van der Waals surface area contributed by atoms with Gasteiger partial charge < -0.3 is 25.0 Å². The Hall–Kier alpha value is -2.61. The average Bonchev–Trinajstić information content (AvgIpc) is 3.31. The molecule has 1 heterocycles. The molecule has 0 saturated carbocycles. The molecule has 3 rings (SSSR count). The van der Waals surface area contributed by atoms with E-state index in [4.69, 9.17) is 25.0 Å². The number of nitrogens with two attached hydrogens (primary N) is 1. The number of rotatable bonds is 12. The standard InChI is InChI=1S/C22H24F4N3O6PS/c1-21(27,13-35-36(30,31)32)20-29-28-19(37-20)14-7-8-18(17(11-14)22(24,25)26)34-10-3-2-9-33-16-6-4-5-15(23)12-16/h4-8,11-12H,2-3,9-10,13,27H2,1H3,(H2,30,31,32). The highest BCUT2D eigenvalue weighted by atomic mass is 32.1. The van der Waals surface area contributed by atoms with Crippen LogP contribution in [0, 0.1) is 5.82 Å². The first-order chi connectivity index (χ1) is 17.2. The number of aromatic nitrogens is 2. The van der Waals surface area contributed by atoms with Crippen LogP contribution in [0.2, 0.25) is 0 Å². The van der Waals surface area contributed by atoms with Gasteiger partial charge in [-0.2, -0.15) is 13.2 Å². The maximum absolute atomic E-state index is 13.7. The third-order valence-electron chi connectivity index (χ3n) is 4.84. The summed E-state index contributed by atoms with van der Waals surface area (Å²) in [6, 6.07) is 9.08. The van der Waals surface area contributed by atoms with E-state index in [-0.39, 0.29) is 34.5 Å². The molecule has 0 radical (unpaired) electrons. The van der Waals surface area contributed by atoms with Crippen LogP contribution >= 0.6 is 19.2 Å². The molecule has 0 spiro atoms. The Morgan fingerprint density at radius 1 is 1.05 bits per heavy atom. The molecule has 1 aromatic heterocycles. The molecule has 0 fully saturated rings. The lowest BCUT2D eigenvalue weighted by molar-refractivity contribution is -0.138. The van der Waals surface area contributed by atoms with Gasteiger partial charge in [0.05, 0.1) is 30.9 Å². The first kappa shape index (κ1) is 29.0. The zero-order valence-corrected chi connectivity index (χ0v) is 21.2. The van der Waals surface area contributed by atoms with E-state index in [1.54, 1.807) is 6.07 Å². The average molecular weight is 565 g/mol. The van der Waals surface area contributed by atoms with Crippen molar-refractivity contribution >= 4 is 19.2 Å². The molecule has 2 aromatic carbocycles. The van der Waals surface area contributed by atoms with Gasteiger partial charge in [-0.15, -0.1) is 10.2 Å². The number of hydrogen-bond donors (Lipinski definition) is 3. The summed E-state index contributed by atoms with van der Waals surface area (Å²) in [5, 5.41) is 7.95. The predicted octanol–water partition coefficient (Wildman–Crippen LogP) is 4.88. The molecule has 1 atom stereocenters. The fourth-order valence-electron chi connectivity index (χ4n) is 2.99. The van der Waals surface area contributed by atoms with Crippen molar-refractivity contribution in [3.8, 4) is 22.1 Å². The predicted molar refractivity (Wildman–Crippen MR) is 127 cm³/mol. The van der Waals surface area contributed by atoms with Crippen molar-refractivity contribution in [2.24, 2.45) is 5.73 Å². The quantitative estimate of drug-likeness (QED) is 0.159. The molecule has 15 heteroatoms. The normalized spacial score (nSPS) is 13.8. The first-order valence-electron chi connectivity index (χ1n) is 10.8. The van der Waals surface area contributed by atoms with E-state index in [0.717, 1.165) is 17.4 Å². The van der Waals surface area contributed by atoms with Gasteiger partial charge >= 0.3 is 14.0 Å². The molecule has 0 aliphatic heterocycles. The summed E-state index contributed by atoms with van der Waals surface area (Å²) < 4.78 is 80.5. The van der Waals surface area contributed by atoms with Crippen LogP contribution in [0.5, 0.6) is 11.5 Å². The van der Waals surface area contributed by atoms with Crippen LogP contribution in [0.4, 0.5) is 17.6 Å². The van der Waals surface area contributed by atoms with Crippen LogP contribution in [0.1, 0.15) is 30.3 Å². The molecule has 0 bridgehead atoms. The van der Waals surface area contributed by atoms with Crippen molar-refractivity contribution in [1.29, 1.82) is 0 Å². The van der Waals surface area contributed by atoms with Crippen molar-refractivity contribution in [3.05, 3.63) is 58.9 Å². The second-order valence-corrected chi connectivity index (χ2v) is 10.4. The topological polar surface area (TPSA) is 137 Å². The SMILES string of the molecule is CC(N)(COP(=O)(O)O)c1nnc(-c2ccc(OCCCCOc3cccc(F)c3)c(C(F)(F)F)c2)s1. The molecule has 1 unspecified atom stereocenters. The van der Waals surface area contributed by atoms with Crippen molar-refractivity contribution in [2.45, 2.75) is 31.5 Å². The van der Waals surface area contributed by atoms with E-state index < -0.39 is 37.5 Å². The van der Waals surface area contributed by atoms with E-state index in [9.17, 15) is 22.1 Å². The Bertz CT molecular complexity index is 1250. The Labute approximate surface area is 213 Å². The minimum atomic E-state index is -4.78.